The molecular weight excluding hydrogens is 192 g/mol. The van der Waals surface area contributed by atoms with Crippen molar-refractivity contribution in [3.8, 4) is 0 Å². The average Bonchev–Trinajstić information content (AvgIpc) is 2.31. The number of carbonyl (C=O) groups is 1. The first-order valence-corrected chi connectivity index (χ1v) is 5.34. The number of rotatable bonds is 3. The van der Waals surface area contributed by atoms with E-state index in [0.29, 0.717) is 19.5 Å². The summed E-state index contributed by atoms with van der Waals surface area (Å²) in [5, 5.41) is 3.45. The van der Waals surface area contributed by atoms with Crippen molar-refractivity contribution in [2.24, 2.45) is 10.5 Å². The molecule has 0 atom stereocenters. The van der Waals surface area contributed by atoms with E-state index in [4.69, 9.17) is 5.53 Å². The van der Waals surface area contributed by atoms with E-state index in [1.54, 1.807) is 0 Å². The first kappa shape index (κ1) is 11.9. The Bertz CT molecular complexity index is 281. The summed E-state index contributed by atoms with van der Waals surface area (Å²) < 4.78 is 0. The predicted octanol–water partition coefficient (Wildman–Crippen LogP) is 2.34. The molecule has 5 nitrogen and oxygen atoms in total. The Kier molecular flexibility index (Phi) is 3.97. The SMILES string of the molecule is CC1(C)CCC(=O)N(CCN=[N+]=[N-])CC1. The topological polar surface area (TPSA) is 69.1 Å². The van der Waals surface area contributed by atoms with Gasteiger partial charge >= 0.3 is 0 Å². The van der Waals surface area contributed by atoms with Crippen molar-refractivity contribution in [1.29, 1.82) is 0 Å². The molecule has 1 saturated heterocycles. The Balaban J connectivity index is 2.50. The van der Waals surface area contributed by atoms with Crippen LogP contribution in [0.25, 0.3) is 10.4 Å². The van der Waals surface area contributed by atoms with Gasteiger partial charge in [0.05, 0.1) is 0 Å². The van der Waals surface area contributed by atoms with Gasteiger partial charge in [0.25, 0.3) is 0 Å². The lowest BCUT2D eigenvalue weighted by atomic mass is 9.85. The second-order valence-corrected chi connectivity index (χ2v) is 4.75. The lowest BCUT2D eigenvalue weighted by Gasteiger charge is -2.22. The zero-order chi connectivity index (χ0) is 11.3. The number of amides is 1. The quantitative estimate of drug-likeness (QED) is 0.400. The van der Waals surface area contributed by atoms with Gasteiger partial charge in [-0.05, 0) is 23.8 Å². The highest BCUT2D eigenvalue weighted by Crippen LogP contribution is 2.30. The van der Waals surface area contributed by atoms with Crippen LogP contribution < -0.4 is 0 Å². The van der Waals surface area contributed by atoms with Crippen molar-refractivity contribution in [3.05, 3.63) is 10.4 Å². The Morgan fingerprint density at radius 2 is 2.27 bits per heavy atom. The minimum atomic E-state index is 0.189. The van der Waals surface area contributed by atoms with Gasteiger partial charge < -0.3 is 4.90 Å². The fourth-order valence-corrected chi connectivity index (χ4v) is 1.74. The third kappa shape index (κ3) is 3.80. The van der Waals surface area contributed by atoms with Crippen molar-refractivity contribution >= 4 is 5.91 Å². The fourth-order valence-electron chi connectivity index (χ4n) is 1.74. The first-order valence-electron chi connectivity index (χ1n) is 5.34. The smallest absolute Gasteiger partial charge is 0.222 e. The molecule has 1 aliphatic rings. The van der Waals surface area contributed by atoms with Gasteiger partial charge in [-0.15, -0.1) is 0 Å². The van der Waals surface area contributed by atoms with Crippen molar-refractivity contribution in [3.63, 3.8) is 0 Å². The van der Waals surface area contributed by atoms with E-state index in [1.165, 1.54) is 0 Å². The molecule has 1 fully saturated rings. The molecule has 1 rings (SSSR count). The zero-order valence-corrected chi connectivity index (χ0v) is 9.44. The van der Waals surface area contributed by atoms with Crippen molar-refractivity contribution in [2.75, 3.05) is 19.6 Å². The van der Waals surface area contributed by atoms with Crippen LogP contribution in [0.1, 0.15) is 33.1 Å². The van der Waals surface area contributed by atoms with Crippen LogP contribution in [-0.4, -0.2) is 30.4 Å². The summed E-state index contributed by atoms with van der Waals surface area (Å²) in [6.07, 6.45) is 2.59. The van der Waals surface area contributed by atoms with Gasteiger partial charge in [-0.25, -0.2) is 0 Å². The van der Waals surface area contributed by atoms with Crippen molar-refractivity contribution in [1.82, 2.24) is 4.90 Å². The highest BCUT2D eigenvalue weighted by Gasteiger charge is 2.26. The highest BCUT2D eigenvalue weighted by molar-refractivity contribution is 5.76. The van der Waals surface area contributed by atoms with E-state index in [2.05, 4.69) is 23.9 Å². The summed E-state index contributed by atoms with van der Waals surface area (Å²) in [4.78, 5) is 16.2. The molecule has 0 bridgehead atoms. The van der Waals surface area contributed by atoms with Gasteiger partial charge in [0.1, 0.15) is 0 Å². The molecule has 84 valence electrons. The largest absolute Gasteiger partial charge is 0.343 e. The number of azide groups is 1. The zero-order valence-electron chi connectivity index (χ0n) is 9.44. The van der Waals surface area contributed by atoms with Crippen LogP contribution in [0, 0.1) is 5.41 Å². The standard InChI is InChI=1S/C10H18N4O/c1-10(2)4-3-9(15)14(7-5-10)8-6-12-13-11/h3-8H2,1-2H3. The summed E-state index contributed by atoms with van der Waals surface area (Å²) in [6, 6.07) is 0. The molecule has 0 N–H and O–H groups in total. The monoisotopic (exact) mass is 210 g/mol. The summed E-state index contributed by atoms with van der Waals surface area (Å²) in [6.45, 7) is 6.10. The number of hydrogen-bond donors (Lipinski definition) is 0. The van der Waals surface area contributed by atoms with Gasteiger partial charge in [-0.3, -0.25) is 4.79 Å². The summed E-state index contributed by atoms with van der Waals surface area (Å²) >= 11 is 0. The van der Waals surface area contributed by atoms with Gasteiger partial charge in [0.2, 0.25) is 5.91 Å². The molecule has 0 aromatic heterocycles. The first-order chi connectivity index (χ1) is 7.05. The molecule has 1 heterocycles. The van der Waals surface area contributed by atoms with Crippen LogP contribution in [0.3, 0.4) is 0 Å². The van der Waals surface area contributed by atoms with Gasteiger partial charge in [0, 0.05) is 31.0 Å². The molecule has 5 heteroatoms. The van der Waals surface area contributed by atoms with Crippen LogP contribution in [0.4, 0.5) is 0 Å². The predicted molar refractivity (Wildman–Crippen MR) is 58.2 cm³/mol. The fraction of sp³-hybridized carbons (Fsp3) is 0.900. The summed E-state index contributed by atoms with van der Waals surface area (Å²) in [5.74, 6) is 0.189. The maximum absolute atomic E-state index is 11.7. The van der Waals surface area contributed by atoms with Crippen molar-refractivity contribution < 1.29 is 4.79 Å². The van der Waals surface area contributed by atoms with E-state index in [-0.39, 0.29) is 11.3 Å². The van der Waals surface area contributed by atoms with Gasteiger partial charge in [-0.2, -0.15) is 0 Å². The second-order valence-electron chi connectivity index (χ2n) is 4.75. The minimum absolute atomic E-state index is 0.189. The third-order valence-electron chi connectivity index (χ3n) is 2.96. The molecular formula is C10H18N4O. The van der Waals surface area contributed by atoms with E-state index >= 15 is 0 Å². The highest BCUT2D eigenvalue weighted by atomic mass is 16.2. The van der Waals surface area contributed by atoms with E-state index in [0.717, 1.165) is 19.4 Å². The van der Waals surface area contributed by atoms with E-state index in [1.807, 2.05) is 4.90 Å². The molecule has 1 amide bonds. The van der Waals surface area contributed by atoms with Crippen LogP contribution in [-0.2, 0) is 4.79 Å². The number of nitrogens with zero attached hydrogens (tertiary/aromatic N) is 4. The molecule has 0 spiro atoms. The Morgan fingerprint density at radius 3 is 2.93 bits per heavy atom. The molecule has 0 unspecified atom stereocenters. The number of hydrogen-bond acceptors (Lipinski definition) is 2. The molecule has 0 aromatic rings. The molecule has 1 aliphatic heterocycles. The Labute approximate surface area is 90.1 Å². The molecule has 0 aliphatic carbocycles. The Morgan fingerprint density at radius 1 is 1.53 bits per heavy atom. The number of likely N-dealkylation sites (tertiary alicyclic amines) is 1. The molecule has 15 heavy (non-hydrogen) atoms. The summed E-state index contributed by atoms with van der Waals surface area (Å²) in [7, 11) is 0. The van der Waals surface area contributed by atoms with Crippen molar-refractivity contribution in [2.45, 2.75) is 33.1 Å². The Hall–Kier alpha value is -1.22. The summed E-state index contributed by atoms with van der Waals surface area (Å²) in [5.41, 5.74) is 8.41. The number of carbonyl (C=O) groups excluding carboxylic acids is 1. The second kappa shape index (κ2) is 5.03. The third-order valence-corrected chi connectivity index (χ3v) is 2.96. The van der Waals surface area contributed by atoms with Crippen LogP contribution in [0.15, 0.2) is 5.11 Å². The molecule has 0 saturated carbocycles. The van der Waals surface area contributed by atoms with Gasteiger partial charge in [-0.1, -0.05) is 19.0 Å². The maximum atomic E-state index is 11.7. The lowest BCUT2D eigenvalue weighted by molar-refractivity contribution is -0.130. The van der Waals surface area contributed by atoms with E-state index in [9.17, 15) is 4.79 Å². The average molecular weight is 210 g/mol. The van der Waals surface area contributed by atoms with Gasteiger partial charge in [0.15, 0.2) is 0 Å². The van der Waals surface area contributed by atoms with Crippen LogP contribution in [0.5, 0.6) is 0 Å². The van der Waals surface area contributed by atoms with Crippen LogP contribution >= 0.6 is 0 Å². The van der Waals surface area contributed by atoms with E-state index < -0.39 is 0 Å². The maximum Gasteiger partial charge on any atom is 0.222 e. The molecule has 0 aromatic carbocycles. The lowest BCUT2D eigenvalue weighted by Crippen LogP contribution is -2.32. The molecule has 0 radical (unpaired) electrons. The minimum Gasteiger partial charge on any atom is -0.343 e. The van der Waals surface area contributed by atoms with Crippen LogP contribution in [0.2, 0.25) is 0 Å². The normalized spacial score (nSPS) is 20.7.